The third kappa shape index (κ3) is 4.53. The van der Waals surface area contributed by atoms with Gasteiger partial charge in [0.2, 0.25) is 5.91 Å². The van der Waals surface area contributed by atoms with E-state index in [9.17, 15) is 4.79 Å². The van der Waals surface area contributed by atoms with Gasteiger partial charge in [-0.3, -0.25) is 4.79 Å². The Morgan fingerprint density at radius 1 is 1.14 bits per heavy atom. The fraction of sp³-hybridized carbons (Fsp3) is 0.278. The van der Waals surface area contributed by atoms with Crippen LogP contribution in [0.2, 0.25) is 0 Å². The molecule has 0 spiro atoms. The minimum atomic E-state index is -0.0202. The maximum atomic E-state index is 12.0. The van der Waals surface area contributed by atoms with Crippen LogP contribution < -0.4 is 10.1 Å². The van der Waals surface area contributed by atoms with Gasteiger partial charge < -0.3 is 10.1 Å². The molecule has 0 aliphatic rings. The van der Waals surface area contributed by atoms with Crippen molar-refractivity contribution >= 4 is 23.4 Å². The Bertz CT molecular complexity index is 623. The van der Waals surface area contributed by atoms with Gasteiger partial charge in [-0.2, -0.15) is 0 Å². The number of benzene rings is 2. The van der Waals surface area contributed by atoms with Gasteiger partial charge >= 0.3 is 0 Å². The van der Waals surface area contributed by atoms with Gasteiger partial charge in [-0.15, -0.1) is 11.8 Å². The van der Waals surface area contributed by atoms with E-state index in [1.165, 1.54) is 17.3 Å². The number of nitrogens with one attached hydrogen (secondary N) is 1. The summed E-state index contributed by atoms with van der Waals surface area (Å²) >= 11 is 1.47. The molecule has 22 heavy (non-hydrogen) atoms. The van der Waals surface area contributed by atoms with Crippen LogP contribution in [-0.4, -0.2) is 18.8 Å². The number of thioether (sulfide) groups is 1. The highest BCUT2D eigenvalue weighted by Gasteiger charge is 2.07. The number of hydrogen-bond acceptors (Lipinski definition) is 3. The van der Waals surface area contributed by atoms with Crippen molar-refractivity contribution in [3.63, 3.8) is 0 Å². The van der Waals surface area contributed by atoms with E-state index in [1.807, 2.05) is 48.5 Å². The Morgan fingerprint density at radius 2 is 1.82 bits per heavy atom. The third-order valence-corrected chi connectivity index (χ3v) is 4.34. The summed E-state index contributed by atoms with van der Waals surface area (Å²) in [5.74, 6) is 1.62. The van der Waals surface area contributed by atoms with Gasteiger partial charge in [0.05, 0.1) is 12.9 Å². The first kappa shape index (κ1) is 16.4. The van der Waals surface area contributed by atoms with Crippen LogP contribution in [-0.2, 0) is 4.79 Å². The van der Waals surface area contributed by atoms with Crippen LogP contribution in [0.1, 0.15) is 25.3 Å². The second kappa shape index (κ2) is 7.90. The summed E-state index contributed by atoms with van der Waals surface area (Å²) < 4.78 is 5.28. The molecule has 4 heteroatoms. The summed E-state index contributed by atoms with van der Waals surface area (Å²) in [6.07, 6.45) is 0. The van der Waals surface area contributed by atoms with E-state index in [-0.39, 0.29) is 5.91 Å². The molecule has 1 N–H and O–H groups in total. The average molecular weight is 315 g/mol. The summed E-state index contributed by atoms with van der Waals surface area (Å²) in [6.45, 7) is 4.30. The van der Waals surface area contributed by atoms with Gasteiger partial charge in [0, 0.05) is 10.6 Å². The summed E-state index contributed by atoms with van der Waals surface area (Å²) in [5, 5.41) is 2.92. The van der Waals surface area contributed by atoms with Gasteiger partial charge in [0.25, 0.3) is 0 Å². The molecule has 0 saturated carbocycles. The molecule has 3 nitrogen and oxygen atoms in total. The molecule has 0 aromatic heterocycles. The lowest BCUT2D eigenvalue weighted by molar-refractivity contribution is -0.113. The molecule has 0 unspecified atom stereocenters. The van der Waals surface area contributed by atoms with Crippen molar-refractivity contribution in [1.82, 2.24) is 0 Å². The van der Waals surface area contributed by atoms with Crippen molar-refractivity contribution in [2.75, 3.05) is 18.2 Å². The number of hydrogen-bond donors (Lipinski definition) is 1. The van der Waals surface area contributed by atoms with Gasteiger partial charge in [0.15, 0.2) is 0 Å². The predicted molar refractivity (Wildman–Crippen MR) is 92.9 cm³/mol. The van der Waals surface area contributed by atoms with Crippen LogP contribution in [0.4, 0.5) is 5.69 Å². The SMILES string of the molecule is COc1ccccc1SCC(=O)Nc1ccc(C(C)C)cc1. The summed E-state index contributed by atoms with van der Waals surface area (Å²) in [4.78, 5) is 13.0. The zero-order chi connectivity index (χ0) is 15.9. The van der Waals surface area contributed by atoms with Crippen molar-refractivity contribution in [3.05, 3.63) is 54.1 Å². The molecule has 0 saturated heterocycles. The van der Waals surface area contributed by atoms with E-state index >= 15 is 0 Å². The van der Waals surface area contributed by atoms with Gasteiger partial charge in [-0.25, -0.2) is 0 Å². The lowest BCUT2D eigenvalue weighted by atomic mass is 10.0. The van der Waals surface area contributed by atoms with E-state index in [0.29, 0.717) is 11.7 Å². The Balaban J connectivity index is 1.90. The quantitative estimate of drug-likeness (QED) is 0.795. The normalized spacial score (nSPS) is 10.5. The van der Waals surface area contributed by atoms with Crippen molar-refractivity contribution in [2.24, 2.45) is 0 Å². The van der Waals surface area contributed by atoms with E-state index in [2.05, 4.69) is 19.2 Å². The largest absolute Gasteiger partial charge is 0.496 e. The molecule has 0 radical (unpaired) electrons. The summed E-state index contributed by atoms with van der Waals surface area (Å²) in [5.41, 5.74) is 2.09. The topological polar surface area (TPSA) is 38.3 Å². The first-order valence-electron chi connectivity index (χ1n) is 7.25. The molecule has 2 aromatic carbocycles. The monoisotopic (exact) mass is 315 g/mol. The Hall–Kier alpha value is -1.94. The molecule has 0 aliphatic heterocycles. The fourth-order valence-corrected chi connectivity index (χ4v) is 2.86. The maximum Gasteiger partial charge on any atom is 0.234 e. The highest BCUT2D eigenvalue weighted by atomic mass is 32.2. The van der Waals surface area contributed by atoms with Crippen LogP contribution >= 0.6 is 11.8 Å². The standard InChI is InChI=1S/C18H21NO2S/c1-13(2)14-8-10-15(11-9-14)19-18(20)12-22-17-7-5-4-6-16(17)21-3/h4-11,13H,12H2,1-3H3,(H,19,20). The highest BCUT2D eigenvalue weighted by Crippen LogP contribution is 2.28. The number of rotatable bonds is 6. The second-order valence-corrected chi connectivity index (χ2v) is 6.28. The highest BCUT2D eigenvalue weighted by molar-refractivity contribution is 8.00. The molecular formula is C18H21NO2S. The van der Waals surface area contributed by atoms with Crippen LogP contribution in [0.15, 0.2) is 53.4 Å². The summed E-state index contributed by atoms with van der Waals surface area (Å²) in [7, 11) is 1.63. The molecule has 116 valence electrons. The minimum Gasteiger partial charge on any atom is -0.496 e. The van der Waals surface area contributed by atoms with Crippen LogP contribution in [0.3, 0.4) is 0 Å². The molecule has 2 aromatic rings. The van der Waals surface area contributed by atoms with Crippen molar-refractivity contribution < 1.29 is 9.53 Å². The first-order valence-corrected chi connectivity index (χ1v) is 8.24. The average Bonchev–Trinajstić information content (AvgIpc) is 2.53. The van der Waals surface area contributed by atoms with E-state index in [0.717, 1.165) is 16.3 Å². The van der Waals surface area contributed by atoms with Crippen molar-refractivity contribution in [3.8, 4) is 5.75 Å². The third-order valence-electron chi connectivity index (χ3n) is 3.29. The number of methoxy groups -OCH3 is 1. The number of ether oxygens (including phenoxy) is 1. The molecular weight excluding hydrogens is 294 g/mol. The number of para-hydroxylation sites is 1. The molecule has 0 heterocycles. The van der Waals surface area contributed by atoms with Crippen LogP contribution in [0, 0.1) is 0 Å². The summed E-state index contributed by atoms with van der Waals surface area (Å²) in [6, 6.07) is 15.7. The maximum absolute atomic E-state index is 12.0. The Morgan fingerprint density at radius 3 is 2.45 bits per heavy atom. The van der Waals surface area contributed by atoms with Crippen LogP contribution in [0.25, 0.3) is 0 Å². The Labute approximate surface area is 136 Å². The fourth-order valence-electron chi connectivity index (χ4n) is 2.03. The lowest BCUT2D eigenvalue weighted by Crippen LogP contribution is -2.14. The Kier molecular flexibility index (Phi) is 5.90. The van der Waals surface area contributed by atoms with Gasteiger partial charge in [0.1, 0.15) is 5.75 Å². The lowest BCUT2D eigenvalue weighted by Gasteiger charge is -2.09. The van der Waals surface area contributed by atoms with Gasteiger partial charge in [-0.05, 0) is 35.7 Å². The molecule has 0 fully saturated rings. The number of carbonyl (C=O) groups excluding carboxylic acids is 1. The van der Waals surface area contributed by atoms with Crippen molar-refractivity contribution in [1.29, 1.82) is 0 Å². The van der Waals surface area contributed by atoms with E-state index in [4.69, 9.17) is 4.74 Å². The molecule has 0 aliphatic carbocycles. The second-order valence-electron chi connectivity index (χ2n) is 5.26. The zero-order valence-corrected chi connectivity index (χ0v) is 13.9. The minimum absolute atomic E-state index is 0.0202. The molecule has 1 amide bonds. The van der Waals surface area contributed by atoms with Gasteiger partial charge in [-0.1, -0.05) is 38.1 Å². The zero-order valence-electron chi connectivity index (χ0n) is 13.1. The van der Waals surface area contributed by atoms with E-state index in [1.54, 1.807) is 7.11 Å². The number of amides is 1. The van der Waals surface area contributed by atoms with Crippen molar-refractivity contribution in [2.45, 2.75) is 24.7 Å². The molecule has 2 rings (SSSR count). The van der Waals surface area contributed by atoms with Crippen LogP contribution in [0.5, 0.6) is 5.75 Å². The first-order chi connectivity index (χ1) is 10.6. The predicted octanol–water partition coefficient (Wildman–Crippen LogP) is 4.55. The number of carbonyl (C=O) groups is 1. The smallest absolute Gasteiger partial charge is 0.234 e. The van der Waals surface area contributed by atoms with E-state index < -0.39 is 0 Å². The number of anilines is 1. The molecule has 0 bridgehead atoms. The molecule has 0 atom stereocenters.